The summed E-state index contributed by atoms with van der Waals surface area (Å²) in [6.45, 7) is 3.64. The number of carbonyl (C=O) groups is 2. The zero-order valence-corrected chi connectivity index (χ0v) is 21.4. The third-order valence-corrected chi connectivity index (χ3v) is 7.42. The highest BCUT2D eigenvalue weighted by molar-refractivity contribution is 7.80. The van der Waals surface area contributed by atoms with Crippen LogP contribution in [0.4, 0.5) is 5.69 Å². The van der Waals surface area contributed by atoms with E-state index >= 15 is 0 Å². The van der Waals surface area contributed by atoms with Gasteiger partial charge in [0, 0.05) is 35.6 Å². The second kappa shape index (κ2) is 11.4. The van der Waals surface area contributed by atoms with Crippen molar-refractivity contribution in [2.75, 3.05) is 32.1 Å². The number of aryl methyl sites for hydroxylation is 1. The van der Waals surface area contributed by atoms with E-state index in [4.69, 9.17) is 12.2 Å². The highest BCUT2D eigenvalue weighted by Gasteiger charge is 2.25. The zero-order valence-electron chi connectivity index (χ0n) is 19.7. The van der Waals surface area contributed by atoms with Gasteiger partial charge in [-0.15, -0.1) is 11.3 Å². The number of nitrogens with one attached hydrogen (secondary N) is 2. The average Bonchev–Trinajstić information content (AvgIpc) is 3.39. The van der Waals surface area contributed by atoms with E-state index in [0.29, 0.717) is 10.8 Å². The maximum Gasteiger partial charge on any atom is 0.325 e. The number of piperidine rings is 1. The number of methoxy groups -OCH3 is 1. The fourth-order valence-electron chi connectivity index (χ4n) is 4.05. The normalized spacial score (nSPS) is 13.8. The van der Waals surface area contributed by atoms with E-state index in [2.05, 4.69) is 31.3 Å². The molecule has 0 saturated carbocycles. The van der Waals surface area contributed by atoms with E-state index < -0.39 is 0 Å². The molecule has 7 nitrogen and oxygen atoms in total. The van der Waals surface area contributed by atoms with Gasteiger partial charge < -0.3 is 20.3 Å². The van der Waals surface area contributed by atoms with Crippen LogP contribution in [0.5, 0.6) is 0 Å². The van der Waals surface area contributed by atoms with Crippen molar-refractivity contribution in [1.29, 1.82) is 0 Å². The van der Waals surface area contributed by atoms with Gasteiger partial charge in [-0.2, -0.15) is 0 Å². The molecule has 0 unspecified atom stereocenters. The number of amides is 1. The van der Waals surface area contributed by atoms with E-state index in [1.807, 2.05) is 54.8 Å². The van der Waals surface area contributed by atoms with Crippen LogP contribution in [0.15, 0.2) is 53.9 Å². The number of rotatable bonds is 6. The van der Waals surface area contributed by atoms with Gasteiger partial charge in [-0.3, -0.25) is 9.59 Å². The molecule has 4 rings (SSSR count). The van der Waals surface area contributed by atoms with E-state index in [-0.39, 0.29) is 24.3 Å². The molecule has 1 aliphatic heterocycles. The van der Waals surface area contributed by atoms with Gasteiger partial charge in [-0.05, 0) is 49.7 Å². The van der Waals surface area contributed by atoms with Gasteiger partial charge in [0.1, 0.15) is 12.2 Å². The summed E-state index contributed by atoms with van der Waals surface area (Å²) in [6, 6.07) is 16.0. The number of carbonyl (C=O) groups excluding carboxylic acids is 2. The van der Waals surface area contributed by atoms with Gasteiger partial charge >= 0.3 is 5.97 Å². The Hall–Kier alpha value is -3.30. The summed E-state index contributed by atoms with van der Waals surface area (Å²) < 4.78 is 4.64. The fourth-order valence-corrected chi connectivity index (χ4v) is 5.28. The van der Waals surface area contributed by atoms with Gasteiger partial charge in [-0.1, -0.05) is 42.0 Å². The summed E-state index contributed by atoms with van der Waals surface area (Å²) in [4.78, 5) is 31.1. The lowest BCUT2D eigenvalue weighted by Gasteiger charge is -2.33. The third-order valence-electron chi connectivity index (χ3n) is 6.01. The Balaban J connectivity index is 1.37. The Labute approximate surface area is 214 Å². The fraction of sp³-hybridized carbons (Fsp3) is 0.308. The minimum absolute atomic E-state index is 0.0627. The lowest BCUT2D eigenvalue weighted by Crippen LogP contribution is -2.45. The Morgan fingerprint density at radius 2 is 1.91 bits per heavy atom. The summed E-state index contributed by atoms with van der Waals surface area (Å²) in [6.07, 6.45) is 1.76. The number of hydrogen-bond acceptors (Lipinski definition) is 6. The number of aromatic nitrogens is 1. The van der Waals surface area contributed by atoms with E-state index in [9.17, 15) is 9.59 Å². The molecule has 1 fully saturated rings. The average molecular weight is 509 g/mol. The first kappa shape index (κ1) is 24.8. The predicted molar refractivity (Wildman–Crippen MR) is 143 cm³/mol. The van der Waals surface area contributed by atoms with E-state index in [1.54, 1.807) is 0 Å². The van der Waals surface area contributed by atoms with Gasteiger partial charge in [-0.25, -0.2) is 4.98 Å². The first-order valence-corrected chi connectivity index (χ1v) is 12.8. The SMILES string of the molecule is COC(=O)CNC(=S)N1CCC(c2nc(C(=O)Nc3ccc(C)cc3-c3ccccc3)cs2)CC1. The Bertz CT molecular complexity index is 1200. The number of thiocarbonyl (C=S) groups is 1. The van der Waals surface area contributed by atoms with E-state index in [0.717, 1.165) is 53.3 Å². The van der Waals surface area contributed by atoms with Crippen molar-refractivity contribution in [3.8, 4) is 11.1 Å². The summed E-state index contributed by atoms with van der Waals surface area (Å²) in [5, 5.41) is 9.34. The van der Waals surface area contributed by atoms with Gasteiger partial charge in [0.25, 0.3) is 5.91 Å². The number of nitrogens with zero attached hydrogens (tertiary/aromatic N) is 2. The lowest BCUT2D eigenvalue weighted by atomic mass is 9.98. The molecule has 0 radical (unpaired) electrons. The molecule has 9 heteroatoms. The highest BCUT2D eigenvalue weighted by atomic mass is 32.1. The van der Waals surface area contributed by atoms with Gasteiger partial charge in [0.2, 0.25) is 0 Å². The molecule has 0 spiro atoms. The van der Waals surface area contributed by atoms with Crippen LogP contribution < -0.4 is 10.6 Å². The van der Waals surface area contributed by atoms with Crippen LogP contribution in [0.1, 0.15) is 39.8 Å². The quantitative estimate of drug-likeness (QED) is 0.372. The monoisotopic (exact) mass is 508 g/mol. The van der Waals surface area contributed by atoms with Crippen molar-refractivity contribution in [3.05, 3.63) is 70.2 Å². The second-order valence-electron chi connectivity index (χ2n) is 8.44. The molecule has 1 saturated heterocycles. The van der Waals surface area contributed by atoms with Crippen molar-refractivity contribution in [2.45, 2.75) is 25.7 Å². The number of benzene rings is 2. The maximum atomic E-state index is 13.0. The smallest absolute Gasteiger partial charge is 0.325 e. The van der Waals surface area contributed by atoms with Gasteiger partial charge in [0.05, 0.1) is 12.1 Å². The topological polar surface area (TPSA) is 83.6 Å². The van der Waals surface area contributed by atoms with Crippen molar-refractivity contribution in [1.82, 2.24) is 15.2 Å². The molecule has 0 atom stereocenters. The summed E-state index contributed by atoms with van der Waals surface area (Å²) in [5.41, 5.74) is 4.36. The minimum atomic E-state index is -0.350. The molecule has 0 aliphatic carbocycles. The molecule has 1 amide bonds. The predicted octanol–water partition coefficient (Wildman–Crippen LogP) is 4.60. The molecule has 2 heterocycles. The van der Waals surface area contributed by atoms with E-state index in [1.165, 1.54) is 18.4 Å². The zero-order chi connectivity index (χ0) is 24.8. The number of hydrogen-bond donors (Lipinski definition) is 2. The van der Waals surface area contributed by atoms with Crippen molar-refractivity contribution in [3.63, 3.8) is 0 Å². The molecular formula is C26H28N4O3S2. The number of esters is 1. The van der Waals surface area contributed by atoms with Crippen LogP contribution in [-0.4, -0.2) is 53.6 Å². The minimum Gasteiger partial charge on any atom is -0.468 e. The Kier molecular flexibility index (Phi) is 8.09. The molecule has 182 valence electrons. The number of likely N-dealkylation sites (tertiary alicyclic amines) is 1. The molecule has 1 aromatic heterocycles. The summed E-state index contributed by atoms with van der Waals surface area (Å²) >= 11 is 6.92. The molecule has 3 aromatic rings. The Morgan fingerprint density at radius 1 is 1.17 bits per heavy atom. The van der Waals surface area contributed by atoms with Crippen LogP contribution >= 0.6 is 23.6 Å². The molecule has 1 aliphatic rings. The first-order valence-electron chi connectivity index (χ1n) is 11.5. The number of thiazole rings is 1. The largest absolute Gasteiger partial charge is 0.468 e. The van der Waals surface area contributed by atoms with Gasteiger partial charge in [0.15, 0.2) is 5.11 Å². The van der Waals surface area contributed by atoms with Crippen molar-refractivity contribution < 1.29 is 14.3 Å². The van der Waals surface area contributed by atoms with Crippen LogP contribution in [0.2, 0.25) is 0 Å². The Morgan fingerprint density at radius 3 is 2.63 bits per heavy atom. The van der Waals surface area contributed by atoms with Crippen LogP contribution in [0, 0.1) is 6.92 Å². The summed E-state index contributed by atoms with van der Waals surface area (Å²) in [5.74, 6) is -0.281. The van der Waals surface area contributed by atoms with Crippen molar-refractivity contribution in [2.24, 2.45) is 0 Å². The molecule has 35 heavy (non-hydrogen) atoms. The lowest BCUT2D eigenvalue weighted by molar-refractivity contribution is -0.139. The van der Waals surface area contributed by atoms with Crippen molar-refractivity contribution >= 4 is 46.2 Å². The highest BCUT2D eigenvalue weighted by Crippen LogP contribution is 2.32. The summed E-state index contributed by atoms with van der Waals surface area (Å²) in [7, 11) is 1.35. The molecule has 0 bridgehead atoms. The molecular weight excluding hydrogens is 480 g/mol. The van der Waals surface area contributed by atoms with Crippen LogP contribution in [0.3, 0.4) is 0 Å². The number of anilines is 1. The standard InChI is InChI=1S/C26H28N4O3S2/c1-17-8-9-21(20(14-17)18-6-4-3-5-7-18)28-24(32)22-16-35-25(29-22)19-10-12-30(13-11-19)26(34)27-15-23(31)33-2/h3-9,14,16,19H,10-13,15H2,1-2H3,(H,27,34)(H,28,32). The first-order chi connectivity index (χ1) is 16.9. The maximum absolute atomic E-state index is 13.0. The van der Waals surface area contributed by atoms with Crippen LogP contribution in [-0.2, 0) is 9.53 Å². The third kappa shape index (κ3) is 6.23. The molecule has 2 aromatic carbocycles. The number of ether oxygens (including phenoxy) is 1. The molecule has 2 N–H and O–H groups in total. The van der Waals surface area contributed by atoms with Crippen LogP contribution in [0.25, 0.3) is 11.1 Å². The second-order valence-corrected chi connectivity index (χ2v) is 9.71.